The molecule has 0 aliphatic carbocycles. The molecule has 3 aromatic rings. The number of benzene rings is 2. The van der Waals surface area contributed by atoms with Crippen LogP contribution in [0.25, 0.3) is 17.1 Å². The predicted molar refractivity (Wildman–Crippen MR) is 132 cm³/mol. The Morgan fingerprint density at radius 2 is 1.70 bits per heavy atom. The number of hydrogen-bond donors (Lipinski definition) is 0. The fraction of sp³-hybridized carbons (Fsp3) is 0.400. The molecule has 0 bridgehead atoms. The SMILES string of the molecule is CCOc1ccc(-n2c(S[C@H](C)C(=O)N3CCN(CC)CC3)nnc2-c2ccccc2)cc1. The van der Waals surface area contributed by atoms with Gasteiger partial charge in [-0.05, 0) is 44.7 Å². The van der Waals surface area contributed by atoms with Gasteiger partial charge >= 0.3 is 0 Å². The van der Waals surface area contributed by atoms with Gasteiger partial charge in [-0.3, -0.25) is 9.36 Å². The van der Waals surface area contributed by atoms with E-state index in [1.54, 1.807) is 0 Å². The molecule has 0 spiro atoms. The molecule has 7 nitrogen and oxygen atoms in total. The van der Waals surface area contributed by atoms with E-state index in [0.717, 1.165) is 55.5 Å². The van der Waals surface area contributed by atoms with Crippen LogP contribution in [0.2, 0.25) is 0 Å². The van der Waals surface area contributed by atoms with Crippen LogP contribution >= 0.6 is 11.8 Å². The zero-order valence-electron chi connectivity index (χ0n) is 19.5. The van der Waals surface area contributed by atoms with Crippen molar-refractivity contribution in [2.75, 3.05) is 39.3 Å². The summed E-state index contributed by atoms with van der Waals surface area (Å²) >= 11 is 1.46. The standard InChI is InChI=1S/C25H31N5O2S/c1-4-28-15-17-29(18-16-28)24(31)19(3)33-25-27-26-23(20-9-7-6-8-10-20)30(25)21-11-13-22(14-12-21)32-5-2/h6-14,19H,4-5,15-18H2,1-3H3/t19-/m1/s1. The van der Waals surface area contributed by atoms with E-state index in [-0.39, 0.29) is 11.2 Å². The molecule has 1 atom stereocenters. The molecule has 0 radical (unpaired) electrons. The van der Waals surface area contributed by atoms with Gasteiger partial charge in [0.25, 0.3) is 0 Å². The third-order valence-electron chi connectivity index (χ3n) is 5.83. The number of nitrogens with zero attached hydrogens (tertiary/aromatic N) is 5. The van der Waals surface area contributed by atoms with E-state index in [0.29, 0.717) is 11.8 Å². The van der Waals surface area contributed by atoms with Gasteiger partial charge in [0.15, 0.2) is 11.0 Å². The minimum atomic E-state index is -0.257. The largest absolute Gasteiger partial charge is 0.494 e. The van der Waals surface area contributed by atoms with Crippen molar-refractivity contribution >= 4 is 17.7 Å². The quantitative estimate of drug-likeness (QED) is 0.469. The zero-order valence-corrected chi connectivity index (χ0v) is 20.3. The highest BCUT2D eigenvalue weighted by Crippen LogP contribution is 2.31. The highest BCUT2D eigenvalue weighted by atomic mass is 32.2. The fourth-order valence-corrected chi connectivity index (χ4v) is 4.91. The lowest BCUT2D eigenvalue weighted by Gasteiger charge is -2.35. The Morgan fingerprint density at radius 1 is 1.00 bits per heavy atom. The van der Waals surface area contributed by atoms with Gasteiger partial charge in [-0.1, -0.05) is 49.0 Å². The Labute approximate surface area is 199 Å². The summed E-state index contributed by atoms with van der Waals surface area (Å²) in [4.78, 5) is 17.5. The molecule has 0 saturated carbocycles. The molecular formula is C25H31N5O2S. The van der Waals surface area contributed by atoms with E-state index in [1.807, 2.05) is 77.9 Å². The zero-order chi connectivity index (χ0) is 23.2. The van der Waals surface area contributed by atoms with Crippen LogP contribution in [-0.2, 0) is 4.79 Å². The Kier molecular flexibility index (Phi) is 7.67. The first-order valence-electron chi connectivity index (χ1n) is 11.5. The van der Waals surface area contributed by atoms with Gasteiger partial charge in [0.1, 0.15) is 5.75 Å². The number of aromatic nitrogens is 3. The fourth-order valence-electron chi connectivity index (χ4n) is 3.96. The maximum absolute atomic E-state index is 13.2. The smallest absolute Gasteiger partial charge is 0.235 e. The van der Waals surface area contributed by atoms with Crippen LogP contribution in [0.15, 0.2) is 59.8 Å². The maximum Gasteiger partial charge on any atom is 0.235 e. The number of carbonyl (C=O) groups is 1. The van der Waals surface area contributed by atoms with Crippen LogP contribution in [0.3, 0.4) is 0 Å². The number of thioether (sulfide) groups is 1. The van der Waals surface area contributed by atoms with Crippen molar-refractivity contribution in [3.8, 4) is 22.8 Å². The molecule has 1 aliphatic heterocycles. The molecule has 0 N–H and O–H groups in total. The molecule has 8 heteroatoms. The molecule has 2 aromatic carbocycles. The number of piperazine rings is 1. The molecule has 0 unspecified atom stereocenters. The van der Waals surface area contributed by atoms with Crippen LogP contribution in [0.1, 0.15) is 20.8 Å². The first kappa shape index (κ1) is 23.3. The molecular weight excluding hydrogens is 434 g/mol. The average Bonchev–Trinajstić information content (AvgIpc) is 3.28. The summed E-state index contributed by atoms with van der Waals surface area (Å²) in [5.41, 5.74) is 1.90. The highest BCUT2D eigenvalue weighted by molar-refractivity contribution is 8.00. The number of carbonyl (C=O) groups excluding carboxylic acids is 1. The molecule has 33 heavy (non-hydrogen) atoms. The van der Waals surface area contributed by atoms with E-state index >= 15 is 0 Å². The third-order valence-corrected chi connectivity index (χ3v) is 6.86. The molecule has 2 heterocycles. The Hall–Kier alpha value is -2.84. The van der Waals surface area contributed by atoms with Crippen molar-refractivity contribution in [3.05, 3.63) is 54.6 Å². The van der Waals surface area contributed by atoms with Crippen molar-refractivity contribution in [3.63, 3.8) is 0 Å². The van der Waals surface area contributed by atoms with E-state index in [9.17, 15) is 4.79 Å². The van der Waals surface area contributed by atoms with Crippen molar-refractivity contribution in [1.82, 2.24) is 24.6 Å². The van der Waals surface area contributed by atoms with Gasteiger partial charge in [0.2, 0.25) is 5.91 Å². The number of hydrogen-bond acceptors (Lipinski definition) is 6. The second-order valence-electron chi connectivity index (χ2n) is 7.95. The van der Waals surface area contributed by atoms with Crippen molar-refractivity contribution in [2.24, 2.45) is 0 Å². The molecule has 174 valence electrons. The summed E-state index contributed by atoms with van der Waals surface area (Å²) < 4.78 is 7.63. The summed E-state index contributed by atoms with van der Waals surface area (Å²) in [6.07, 6.45) is 0. The van der Waals surface area contributed by atoms with Gasteiger partial charge in [-0.15, -0.1) is 10.2 Å². The Bertz CT molecular complexity index is 1050. The first-order valence-corrected chi connectivity index (χ1v) is 12.4. The minimum Gasteiger partial charge on any atom is -0.494 e. The molecule has 1 fully saturated rings. The normalized spacial score (nSPS) is 15.4. The van der Waals surface area contributed by atoms with E-state index in [2.05, 4.69) is 22.0 Å². The number of likely N-dealkylation sites (N-methyl/N-ethyl adjacent to an activating group) is 1. The van der Waals surface area contributed by atoms with Crippen LogP contribution < -0.4 is 4.74 Å². The summed E-state index contributed by atoms with van der Waals surface area (Å²) in [6.45, 7) is 11.1. The van der Waals surface area contributed by atoms with Crippen molar-refractivity contribution in [2.45, 2.75) is 31.2 Å². The minimum absolute atomic E-state index is 0.151. The number of ether oxygens (including phenoxy) is 1. The van der Waals surface area contributed by atoms with Gasteiger partial charge in [0, 0.05) is 37.4 Å². The monoisotopic (exact) mass is 465 g/mol. The summed E-state index contributed by atoms with van der Waals surface area (Å²) in [6, 6.07) is 17.9. The lowest BCUT2D eigenvalue weighted by Crippen LogP contribution is -2.50. The van der Waals surface area contributed by atoms with Crippen molar-refractivity contribution in [1.29, 1.82) is 0 Å². The Morgan fingerprint density at radius 3 is 2.33 bits per heavy atom. The van der Waals surface area contributed by atoms with E-state index < -0.39 is 0 Å². The molecule has 1 aliphatic rings. The topological polar surface area (TPSA) is 63.5 Å². The van der Waals surface area contributed by atoms with Gasteiger partial charge in [-0.2, -0.15) is 0 Å². The van der Waals surface area contributed by atoms with Crippen LogP contribution in [0.5, 0.6) is 5.75 Å². The molecule has 1 aromatic heterocycles. The van der Waals surface area contributed by atoms with Crippen LogP contribution in [-0.4, -0.2) is 75.1 Å². The van der Waals surface area contributed by atoms with Gasteiger partial charge < -0.3 is 14.5 Å². The lowest BCUT2D eigenvalue weighted by molar-refractivity contribution is -0.132. The Balaban J connectivity index is 1.60. The summed E-state index contributed by atoms with van der Waals surface area (Å²) in [5, 5.41) is 9.43. The van der Waals surface area contributed by atoms with Crippen LogP contribution in [0, 0.1) is 0 Å². The summed E-state index contributed by atoms with van der Waals surface area (Å²) in [7, 11) is 0. The van der Waals surface area contributed by atoms with E-state index in [1.165, 1.54) is 11.8 Å². The summed E-state index contributed by atoms with van der Waals surface area (Å²) in [5.74, 6) is 1.72. The molecule has 4 rings (SSSR count). The predicted octanol–water partition coefficient (Wildman–Crippen LogP) is 3.98. The highest BCUT2D eigenvalue weighted by Gasteiger charge is 2.27. The van der Waals surface area contributed by atoms with Crippen LogP contribution in [0.4, 0.5) is 0 Å². The van der Waals surface area contributed by atoms with E-state index in [4.69, 9.17) is 4.74 Å². The maximum atomic E-state index is 13.2. The average molecular weight is 466 g/mol. The molecule has 1 amide bonds. The molecule has 1 saturated heterocycles. The number of rotatable bonds is 8. The van der Waals surface area contributed by atoms with Gasteiger partial charge in [-0.25, -0.2) is 0 Å². The first-order chi connectivity index (χ1) is 16.1. The van der Waals surface area contributed by atoms with Crippen molar-refractivity contribution < 1.29 is 9.53 Å². The second kappa shape index (κ2) is 10.9. The third kappa shape index (κ3) is 5.39. The second-order valence-corrected chi connectivity index (χ2v) is 9.26. The van der Waals surface area contributed by atoms with Gasteiger partial charge in [0.05, 0.1) is 11.9 Å². The lowest BCUT2D eigenvalue weighted by atomic mass is 10.2. The number of amides is 1.